The highest BCUT2D eigenvalue weighted by Crippen LogP contribution is 2.34. The number of nitrogens with zero attached hydrogens (tertiary/aromatic N) is 1. The van der Waals surface area contributed by atoms with Gasteiger partial charge in [0.1, 0.15) is 25.2 Å². The molecule has 2 aliphatic heterocycles. The van der Waals surface area contributed by atoms with Crippen LogP contribution >= 0.6 is 0 Å². The van der Waals surface area contributed by atoms with Gasteiger partial charge < -0.3 is 29.6 Å². The van der Waals surface area contributed by atoms with Gasteiger partial charge in [0.2, 0.25) is 10.0 Å². The second-order valence-corrected chi connectivity index (χ2v) is 9.66. The summed E-state index contributed by atoms with van der Waals surface area (Å²) in [6, 6.07) is 11.8. The van der Waals surface area contributed by atoms with Crippen LogP contribution in [0.3, 0.4) is 0 Å². The van der Waals surface area contributed by atoms with Crippen molar-refractivity contribution in [3.8, 4) is 17.2 Å². The number of carbonyl (C=O) groups excluding carboxylic acids is 2. The third kappa shape index (κ3) is 5.66. The topological polar surface area (TPSA) is 132 Å². The van der Waals surface area contributed by atoms with E-state index in [4.69, 9.17) is 18.9 Å². The molecular formula is C23H27N3O8S. The Kier molecular flexibility index (Phi) is 7.73. The van der Waals surface area contributed by atoms with Crippen LogP contribution in [0.2, 0.25) is 0 Å². The molecule has 2 aromatic carbocycles. The lowest BCUT2D eigenvalue weighted by molar-refractivity contribution is -0.139. The number of fused-ring (bicyclic) bond motifs is 1. The summed E-state index contributed by atoms with van der Waals surface area (Å²) in [4.78, 5) is 24.5. The van der Waals surface area contributed by atoms with Crippen molar-refractivity contribution in [1.29, 1.82) is 0 Å². The van der Waals surface area contributed by atoms with Gasteiger partial charge >= 0.3 is 11.8 Å². The maximum atomic E-state index is 13.2. The first-order valence-corrected chi connectivity index (χ1v) is 12.5. The van der Waals surface area contributed by atoms with E-state index in [1.165, 1.54) is 12.1 Å². The zero-order valence-corrected chi connectivity index (χ0v) is 20.0. The molecule has 12 heteroatoms. The number of rotatable bonds is 8. The van der Waals surface area contributed by atoms with Gasteiger partial charge in [-0.25, -0.2) is 8.42 Å². The molecule has 2 aromatic rings. The number of nitrogens with one attached hydrogen (secondary N) is 2. The van der Waals surface area contributed by atoms with Gasteiger partial charge in [-0.1, -0.05) is 18.2 Å². The highest BCUT2D eigenvalue weighted by molar-refractivity contribution is 7.89. The fourth-order valence-electron chi connectivity index (χ4n) is 3.82. The van der Waals surface area contributed by atoms with E-state index in [9.17, 15) is 18.0 Å². The molecule has 0 aliphatic carbocycles. The Morgan fingerprint density at radius 3 is 2.57 bits per heavy atom. The summed E-state index contributed by atoms with van der Waals surface area (Å²) >= 11 is 0. The predicted octanol–water partition coefficient (Wildman–Crippen LogP) is 0.289. The quantitative estimate of drug-likeness (QED) is 0.489. The van der Waals surface area contributed by atoms with Gasteiger partial charge in [-0.15, -0.1) is 0 Å². The van der Waals surface area contributed by atoms with Crippen molar-refractivity contribution in [3.05, 3.63) is 48.0 Å². The predicted molar refractivity (Wildman–Crippen MR) is 124 cm³/mol. The third-order valence-corrected chi connectivity index (χ3v) is 7.46. The standard InChI is InChI=1S/C23H27N3O8S/c1-31-18-5-3-2-4-16(18)8-9-24-22(27)23(28)25-15-21-26(10-11-34-21)35(29,30)17-6-7-19-20(14-17)33-13-12-32-19/h2-7,14,21H,8-13,15H2,1H3,(H,24,27)(H,25,28). The minimum atomic E-state index is -3.93. The van der Waals surface area contributed by atoms with Crippen molar-refractivity contribution < 1.29 is 37.0 Å². The number of methoxy groups -OCH3 is 1. The van der Waals surface area contributed by atoms with Crippen molar-refractivity contribution in [3.63, 3.8) is 0 Å². The summed E-state index contributed by atoms with van der Waals surface area (Å²) in [6.07, 6.45) is -0.463. The molecular weight excluding hydrogens is 478 g/mol. The number of para-hydroxylation sites is 1. The van der Waals surface area contributed by atoms with Gasteiger partial charge in [0, 0.05) is 19.2 Å². The number of ether oxygens (including phenoxy) is 4. The maximum absolute atomic E-state index is 13.2. The third-order valence-electron chi connectivity index (χ3n) is 5.58. The van der Waals surface area contributed by atoms with E-state index in [0.29, 0.717) is 36.9 Å². The van der Waals surface area contributed by atoms with Crippen molar-refractivity contribution in [2.75, 3.05) is 46.6 Å². The van der Waals surface area contributed by atoms with Crippen LogP contribution in [0.4, 0.5) is 0 Å². The first kappa shape index (κ1) is 24.8. The molecule has 0 radical (unpaired) electrons. The molecule has 35 heavy (non-hydrogen) atoms. The largest absolute Gasteiger partial charge is 0.496 e. The van der Waals surface area contributed by atoms with Crippen LogP contribution in [-0.2, 0) is 30.8 Å². The zero-order chi connectivity index (χ0) is 24.8. The van der Waals surface area contributed by atoms with Crippen LogP contribution in [0, 0.1) is 0 Å². The van der Waals surface area contributed by atoms with Crippen molar-refractivity contribution >= 4 is 21.8 Å². The molecule has 0 saturated carbocycles. The lowest BCUT2D eigenvalue weighted by atomic mass is 10.1. The fraction of sp³-hybridized carbons (Fsp3) is 0.391. The molecule has 2 N–H and O–H groups in total. The Morgan fingerprint density at radius 2 is 1.77 bits per heavy atom. The molecule has 0 aromatic heterocycles. The number of benzene rings is 2. The van der Waals surface area contributed by atoms with Crippen LogP contribution in [0.1, 0.15) is 5.56 Å². The molecule has 0 spiro atoms. The molecule has 2 amide bonds. The average Bonchev–Trinajstić information content (AvgIpc) is 3.37. The number of sulfonamides is 1. The smallest absolute Gasteiger partial charge is 0.309 e. The molecule has 1 fully saturated rings. The molecule has 4 rings (SSSR count). The highest BCUT2D eigenvalue weighted by atomic mass is 32.2. The molecule has 0 bridgehead atoms. The van der Waals surface area contributed by atoms with Gasteiger partial charge in [-0.2, -0.15) is 4.31 Å². The second kappa shape index (κ2) is 10.9. The lowest BCUT2D eigenvalue weighted by Crippen LogP contribution is -2.47. The molecule has 2 heterocycles. The molecule has 1 atom stereocenters. The monoisotopic (exact) mass is 505 g/mol. The van der Waals surface area contributed by atoms with Crippen LogP contribution in [0.5, 0.6) is 17.2 Å². The summed E-state index contributed by atoms with van der Waals surface area (Å²) in [5.74, 6) is -0.166. The van der Waals surface area contributed by atoms with Gasteiger partial charge in [-0.05, 0) is 30.2 Å². The normalized spacial score (nSPS) is 17.6. The van der Waals surface area contributed by atoms with Gasteiger partial charge in [0.25, 0.3) is 0 Å². The zero-order valence-electron chi connectivity index (χ0n) is 19.2. The Labute approximate surface area is 203 Å². The van der Waals surface area contributed by atoms with E-state index >= 15 is 0 Å². The first-order valence-electron chi connectivity index (χ1n) is 11.1. The van der Waals surface area contributed by atoms with Crippen LogP contribution in [-0.4, -0.2) is 77.3 Å². The van der Waals surface area contributed by atoms with E-state index in [2.05, 4.69) is 10.6 Å². The first-order chi connectivity index (χ1) is 16.9. The minimum absolute atomic E-state index is 0.0256. The van der Waals surface area contributed by atoms with Gasteiger partial charge in [-0.3, -0.25) is 9.59 Å². The van der Waals surface area contributed by atoms with Crippen LogP contribution in [0.25, 0.3) is 0 Å². The number of hydrogen-bond acceptors (Lipinski definition) is 8. The average molecular weight is 506 g/mol. The summed E-state index contributed by atoms with van der Waals surface area (Å²) in [5, 5.41) is 5.00. The molecule has 11 nitrogen and oxygen atoms in total. The van der Waals surface area contributed by atoms with Crippen molar-refractivity contribution in [2.24, 2.45) is 0 Å². The van der Waals surface area contributed by atoms with Crippen molar-refractivity contribution in [2.45, 2.75) is 17.5 Å². The Hall–Kier alpha value is -3.35. The number of carbonyl (C=O) groups is 2. The van der Waals surface area contributed by atoms with E-state index in [1.807, 2.05) is 24.3 Å². The second-order valence-electron chi connectivity index (χ2n) is 7.77. The maximum Gasteiger partial charge on any atom is 0.309 e. The molecule has 1 saturated heterocycles. The van der Waals surface area contributed by atoms with Crippen molar-refractivity contribution in [1.82, 2.24) is 14.9 Å². The van der Waals surface area contributed by atoms with Gasteiger partial charge in [0.15, 0.2) is 11.5 Å². The number of hydrogen-bond donors (Lipinski definition) is 2. The van der Waals surface area contributed by atoms with Crippen LogP contribution < -0.4 is 24.8 Å². The van der Waals surface area contributed by atoms with E-state index in [1.54, 1.807) is 13.2 Å². The molecule has 188 valence electrons. The molecule has 1 unspecified atom stereocenters. The highest BCUT2D eigenvalue weighted by Gasteiger charge is 2.37. The van der Waals surface area contributed by atoms with E-state index in [0.717, 1.165) is 9.87 Å². The SMILES string of the molecule is COc1ccccc1CCNC(=O)C(=O)NCC1OCCN1S(=O)(=O)c1ccc2c(c1)OCCO2. The van der Waals surface area contributed by atoms with Crippen LogP contribution in [0.15, 0.2) is 47.4 Å². The number of amides is 2. The lowest BCUT2D eigenvalue weighted by Gasteiger charge is -2.24. The summed E-state index contributed by atoms with van der Waals surface area (Å²) in [6.45, 7) is 1.06. The Morgan fingerprint density at radius 1 is 1.03 bits per heavy atom. The summed E-state index contributed by atoms with van der Waals surface area (Å²) in [5.41, 5.74) is 0.898. The summed E-state index contributed by atoms with van der Waals surface area (Å²) < 4.78 is 49.2. The van der Waals surface area contributed by atoms with E-state index < -0.39 is 28.1 Å². The van der Waals surface area contributed by atoms with Gasteiger partial charge in [0.05, 0.1) is 25.2 Å². The minimum Gasteiger partial charge on any atom is -0.496 e. The Bertz CT molecular complexity index is 1190. The Balaban J connectivity index is 1.31. The molecule has 2 aliphatic rings. The van der Waals surface area contributed by atoms with E-state index in [-0.39, 0.29) is 31.1 Å². The summed E-state index contributed by atoms with van der Waals surface area (Å²) in [7, 11) is -2.37. The fourth-order valence-corrected chi connectivity index (χ4v) is 5.35.